The maximum absolute atomic E-state index is 14.1. The molecule has 1 aliphatic rings. The van der Waals surface area contributed by atoms with Gasteiger partial charge in [0.25, 0.3) is 0 Å². The molecule has 0 radical (unpaired) electrons. The number of nitrogens with one attached hydrogen (secondary N) is 1. The van der Waals surface area contributed by atoms with Gasteiger partial charge in [-0.05, 0) is 48.6 Å². The molecule has 2 N–H and O–H groups in total. The zero-order valence-electron chi connectivity index (χ0n) is 15.6. The summed E-state index contributed by atoms with van der Waals surface area (Å²) in [5.74, 6) is 1.65. The number of hydrogen-bond donors (Lipinski definition) is 2. The van der Waals surface area contributed by atoms with Crippen molar-refractivity contribution in [2.75, 3.05) is 18.4 Å². The Hall–Kier alpha value is -2.08. The van der Waals surface area contributed by atoms with Gasteiger partial charge in [-0.1, -0.05) is 41.9 Å². The number of phenolic OH excluding ortho intramolecular Hbond substituents is 1. The maximum Gasteiger partial charge on any atom is 0.198 e. The van der Waals surface area contributed by atoms with Crippen LogP contribution in [-0.4, -0.2) is 29.1 Å². The van der Waals surface area contributed by atoms with Gasteiger partial charge >= 0.3 is 0 Å². The standard InChI is InChI=1S/C21H25BrFN3O/c1-14-9-15(2)13-26(12-14)21(25-19-5-3-4-6-20(19)27)24-11-16-10-17(22)7-8-18(16)23/h3-8,10,14-15,27H,9,11-13H2,1-2H3,(H,24,25). The van der Waals surface area contributed by atoms with Gasteiger partial charge in [-0.25, -0.2) is 9.38 Å². The third kappa shape index (κ3) is 5.22. The summed E-state index contributed by atoms with van der Waals surface area (Å²) in [7, 11) is 0. The number of piperidine rings is 1. The van der Waals surface area contributed by atoms with Crippen molar-refractivity contribution < 1.29 is 9.50 Å². The van der Waals surface area contributed by atoms with Crippen LogP contribution in [0.5, 0.6) is 5.75 Å². The summed E-state index contributed by atoms with van der Waals surface area (Å²) in [5, 5.41) is 13.4. The number of halogens is 2. The third-order valence-corrected chi connectivity index (χ3v) is 5.22. The lowest BCUT2D eigenvalue weighted by atomic mass is 9.92. The molecule has 2 atom stereocenters. The number of aliphatic imine (C=N–C) groups is 1. The molecule has 0 aliphatic carbocycles. The Morgan fingerprint density at radius 3 is 2.63 bits per heavy atom. The van der Waals surface area contributed by atoms with Crippen molar-refractivity contribution in [1.29, 1.82) is 0 Å². The number of likely N-dealkylation sites (tertiary alicyclic amines) is 1. The van der Waals surface area contributed by atoms with Crippen LogP contribution in [0.3, 0.4) is 0 Å². The van der Waals surface area contributed by atoms with Crippen LogP contribution in [-0.2, 0) is 6.54 Å². The molecule has 0 spiro atoms. The van der Waals surface area contributed by atoms with E-state index in [1.54, 1.807) is 30.3 Å². The summed E-state index contributed by atoms with van der Waals surface area (Å²) < 4.78 is 14.9. The summed E-state index contributed by atoms with van der Waals surface area (Å²) in [6, 6.07) is 11.9. The summed E-state index contributed by atoms with van der Waals surface area (Å²) in [6.45, 7) is 6.44. The van der Waals surface area contributed by atoms with Gasteiger partial charge in [0, 0.05) is 23.1 Å². The number of rotatable bonds is 3. The number of para-hydroxylation sites is 2. The van der Waals surface area contributed by atoms with Gasteiger partial charge in [0.05, 0.1) is 12.2 Å². The Balaban J connectivity index is 1.88. The number of nitrogens with zero attached hydrogens (tertiary/aromatic N) is 2. The first-order chi connectivity index (χ1) is 12.9. The first kappa shape index (κ1) is 19.7. The van der Waals surface area contributed by atoms with Crippen LogP contribution in [0.25, 0.3) is 0 Å². The number of hydrogen-bond acceptors (Lipinski definition) is 2. The molecule has 1 saturated heterocycles. The molecule has 144 valence electrons. The van der Waals surface area contributed by atoms with E-state index in [1.165, 1.54) is 12.5 Å². The molecule has 2 aromatic carbocycles. The Morgan fingerprint density at radius 1 is 1.22 bits per heavy atom. The molecule has 1 heterocycles. The molecular weight excluding hydrogens is 409 g/mol. The molecule has 1 aliphatic heterocycles. The average Bonchev–Trinajstić information content (AvgIpc) is 2.62. The van der Waals surface area contributed by atoms with Crippen LogP contribution in [0.1, 0.15) is 25.8 Å². The fourth-order valence-corrected chi connectivity index (χ4v) is 3.99. The lowest BCUT2D eigenvalue weighted by Crippen LogP contribution is -2.45. The Labute approximate surface area is 168 Å². The van der Waals surface area contributed by atoms with Crippen molar-refractivity contribution >= 4 is 27.6 Å². The molecule has 0 aromatic heterocycles. The SMILES string of the molecule is CC1CC(C)CN(C(=NCc2cc(Br)ccc2F)Nc2ccccc2O)C1. The molecule has 3 rings (SSSR count). The fourth-order valence-electron chi connectivity index (χ4n) is 3.58. The largest absolute Gasteiger partial charge is 0.506 e. The van der Waals surface area contributed by atoms with Crippen LogP contribution < -0.4 is 5.32 Å². The number of phenols is 1. The van der Waals surface area contributed by atoms with Crippen LogP contribution in [0.4, 0.5) is 10.1 Å². The first-order valence-corrected chi connectivity index (χ1v) is 10.00. The van der Waals surface area contributed by atoms with E-state index >= 15 is 0 Å². The molecule has 0 bridgehead atoms. The van der Waals surface area contributed by atoms with E-state index in [-0.39, 0.29) is 18.1 Å². The topological polar surface area (TPSA) is 47.9 Å². The second kappa shape index (κ2) is 8.74. The molecule has 2 unspecified atom stereocenters. The monoisotopic (exact) mass is 433 g/mol. The highest BCUT2D eigenvalue weighted by Crippen LogP contribution is 2.25. The van der Waals surface area contributed by atoms with Crippen molar-refractivity contribution in [1.82, 2.24) is 4.90 Å². The lowest BCUT2D eigenvalue weighted by Gasteiger charge is -2.37. The fraction of sp³-hybridized carbons (Fsp3) is 0.381. The van der Waals surface area contributed by atoms with Gasteiger partial charge < -0.3 is 15.3 Å². The van der Waals surface area contributed by atoms with E-state index in [1.807, 2.05) is 6.07 Å². The van der Waals surface area contributed by atoms with Crippen LogP contribution in [0.15, 0.2) is 51.9 Å². The van der Waals surface area contributed by atoms with E-state index in [9.17, 15) is 9.50 Å². The number of aromatic hydroxyl groups is 1. The highest BCUT2D eigenvalue weighted by molar-refractivity contribution is 9.10. The quantitative estimate of drug-likeness (QED) is 0.395. The Bertz CT molecular complexity index is 817. The number of guanidine groups is 1. The van der Waals surface area contributed by atoms with E-state index in [0.29, 0.717) is 29.0 Å². The Kier molecular flexibility index (Phi) is 6.37. The molecule has 27 heavy (non-hydrogen) atoms. The predicted octanol–water partition coefficient (Wildman–Crippen LogP) is 5.24. The van der Waals surface area contributed by atoms with Crippen LogP contribution >= 0.6 is 15.9 Å². The summed E-state index contributed by atoms with van der Waals surface area (Å²) in [6.07, 6.45) is 1.18. The summed E-state index contributed by atoms with van der Waals surface area (Å²) >= 11 is 3.38. The lowest BCUT2D eigenvalue weighted by molar-refractivity contribution is 0.213. The Morgan fingerprint density at radius 2 is 1.93 bits per heavy atom. The molecule has 1 fully saturated rings. The molecule has 4 nitrogen and oxygen atoms in total. The minimum absolute atomic E-state index is 0.164. The zero-order chi connectivity index (χ0) is 19.4. The van der Waals surface area contributed by atoms with E-state index in [0.717, 1.165) is 17.6 Å². The van der Waals surface area contributed by atoms with Crippen molar-refractivity contribution in [3.63, 3.8) is 0 Å². The van der Waals surface area contributed by atoms with Gasteiger partial charge in [-0.15, -0.1) is 0 Å². The second-order valence-electron chi connectivity index (χ2n) is 7.37. The van der Waals surface area contributed by atoms with Gasteiger partial charge in [0.15, 0.2) is 5.96 Å². The molecule has 2 aromatic rings. The van der Waals surface area contributed by atoms with Crippen LogP contribution in [0.2, 0.25) is 0 Å². The maximum atomic E-state index is 14.1. The van der Waals surface area contributed by atoms with Crippen molar-refractivity contribution in [3.8, 4) is 5.75 Å². The summed E-state index contributed by atoms with van der Waals surface area (Å²) in [5.41, 5.74) is 1.12. The van der Waals surface area contributed by atoms with Crippen LogP contribution in [0, 0.1) is 17.7 Å². The minimum Gasteiger partial charge on any atom is -0.506 e. The van der Waals surface area contributed by atoms with Crippen molar-refractivity contribution in [2.24, 2.45) is 16.8 Å². The highest BCUT2D eigenvalue weighted by atomic mass is 79.9. The smallest absolute Gasteiger partial charge is 0.198 e. The molecule has 0 saturated carbocycles. The second-order valence-corrected chi connectivity index (χ2v) is 8.28. The van der Waals surface area contributed by atoms with Gasteiger partial charge in [0.2, 0.25) is 0 Å². The van der Waals surface area contributed by atoms with Gasteiger partial charge in [-0.3, -0.25) is 0 Å². The third-order valence-electron chi connectivity index (χ3n) is 4.73. The highest BCUT2D eigenvalue weighted by Gasteiger charge is 2.24. The average molecular weight is 434 g/mol. The minimum atomic E-state index is -0.274. The molecule has 0 amide bonds. The van der Waals surface area contributed by atoms with Crippen molar-refractivity contribution in [2.45, 2.75) is 26.8 Å². The van der Waals surface area contributed by atoms with Gasteiger partial charge in [0.1, 0.15) is 11.6 Å². The first-order valence-electron chi connectivity index (χ1n) is 9.20. The van der Waals surface area contributed by atoms with E-state index in [2.05, 4.69) is 45.0 Å². The van der Waals surface area contributed by atoms with E-state index < -0.39 is 0 Å². The number of anilines is 1. The summed E-state index contributed by atoms with van der Waals surface area (Å²) in [4.78, 5) is 6.88. The van der Waals surface area contributed by atoms with Gasteiger partial charge in [-0.2, -0.15) is 0 Å². The molecular formula is C21H25BrFN3O. The van der Waals surface area contributed by atoms with Crippen molar-refractivity contribution in [3.05, 3.63) is 58.3 Å². The van der Waals surface area contributed by atoms with E-state index in [4.69, 9.17) is 0 Å². The molecule has 6 heteroatoms. The zero-order valence-corrected chi connectivity index (χ0v) is 17.2. The number of benzene rings is 2. The predicted molar refractivity (Wildman–Crippen MR) is 111 cm³/mol. The normalized spacial score (nSPS) is 20.6.